The predicted molar refractivity (Wildman–Crippen MR) is 98.3 cm³/mol. The Morgan fingerprint density at radius 2 is 1.82 bits per heavy atom. The number of piperidine rings is 1. The van der Waals surface area contributed by atoms with E-state index in [1.807, 2.05) is 6.07 Å². The fourth-order valence-electron chi connectivity index (χ4n) is 3.41. The zero-order valence-electron chi connectivity index (χ0n) is 15.3. The van der Waals surface area contributed by atoms with Crippen LogP contribution in [0, 0.1) is 5.92 Å². The lowest BCUT2D eigenvalue weighted by Crippen LogP contribution is -2.35. The van der Waals surface area contributed by atoms with Crippen molar-refractivity contribution in [3.05, 3.63) is 65.2 Å². The van der Waals surface area contributed by atoms with Crippen LogP contribution in [0.2, 0.25) is 0 Å². The van der Waals surface area contributed by atoms with Gasteiger partial charge in [0.15, 0.2) is 0 Å². The molecule has 28 heavy (non-hydrogen) atoms. The lowest BCUT2D eigenvalue weighted by Gasteiger charge is -2.32. The van der Waals surface area contributed by atoms with Crippen LogP contribution in [0.5, 0.6) is 5.75 Å². The van der Waals surface area contributed by atoms with Crippen LogP contribution < -0.4 is 4.74 Å². The maximum Gasteiger partial charge on any atom is 0.419 e. The van der Waals surface area contributed by atoms with Crippen LogP contribution >= 0.6 is 0 Å². The Hall–Kier alpha value is -2.54. The number of carboxylic acid groups (broad SMARTS) is 1. The molecule has 0 spiro atoms. The molecule has 1 aliphatic heterocycles. The molecule has 150 valence electrons. The molecule has 0 radical (unpaired) electrons. The number of aromatic carboxylic acids is 1. The van der Waals surface area contributed by atoms with Gasteiger partial charge in [0.1, 0.15) is 5.75 Å². The van der Waals surface area contributed by atoms with Gasteiger partial charge in [-0.3, -0.25) is 4.90 Å². The monoisotopic (exact) mass is 393 g/mol. The van der Waals surface area contributed by atoms with Gasteiger partial charge in [-0.05, 0) is 61.7 Å². The number of rotatable bonds is 6. The van der Waals surface area contributed by atoms with Gasteiger partial charge in [0.25, 0.3) is 0 Å². The first kappa shape index (κ1) is 20.2. The second kappa shape index (κ2) is 8.65. The molecule has 0 aliphatic carbocycles. The third kappa shape index (κ3) is 5.25. The van der Waals surface area contributed by atoms with Gasteiger partial charge < -0.3 is 9.84 Å². The van der Waals surface area contributed by atoms with Crippen molar-refractivity contribution in [3.63, 3.8) is 0 Å². The molecule has 0 saturated carbocycles. The fraction of sp³-hybridized carbons (Fsp3) is 0.381. The maximum atomic E-state index is 13.0. The molecular formula is C21H22F3NO3. The summed E-state index contributed by atoms with van der Waals surface area (Å²) in [6.07, 6.45) is -2.77. The minimum absolute atomic E-state index is 0.122. The number of nitrogens with zero attached hydrogens (tertiary/aromatic N) is 1. The van der Waals surface area contributed by atoms with Crippen LogP contribution in [0.25, 0.3) is 0 Å². The summed E-state index contributed by atoms with van der Waals surface area (Å²) >= 11 is 0. The van der Waals surface area contributed by atoms with E-state index in [0.717, 1.165) is 37.6 Å². The van der Waals surface area contributed by atoms with Gasteiger partial charge in [-0.1, -0.05) is 24.3 Å². The largest absolute Gasteiger partial charge is 0.493 e. The van der Waals surface area contributed by atoms with Crippen molar-refractivity contribution >= 4 is 5.97 Å². The number of ether oxygens (including phenoxy) is 1. The van der Waals surface area contributed by atoms with Crippen LogP contribution in [0.3, 0.4) is 0 Å². The van der Waals surface area contributed by atoms with Gasteiger partial charge in [-0.25, -0.2) is 4.79 Å². The number of benzene rings is 2. The van der Waals surface area contributed by atoms with Crippen molar-refractivity contribution in [2.75, 3.05) is 19.7 Å². The van der Waals surface area contributed by atoms with Gasteiger partial charge in [0.2, 0.25) is 0 Å². The van der Waals surface area contributed by atoms with Gasteiger partial charge in [-0.2, -0.15) is 13.2 Å². The number of likely N-dealkylation sites (tertiary alicyclic amines) is 1. The van der Waals surface area contributed by atoms with E-state index in [-0.39, 0.29) is 23.8 Å². The van der Waals surface area contributed by atoms with E-state index in [0.29, 0.717) is 6.54 Å². The molecule has 1 heterocycles. The fourth-order valence-corrected chi connectivity index (χ4v) is 3.41. The summed E-state index contributed by atoms with van der Waals surface area (Å²) in [6.45, 7) is 2.51. The summed E-state index contributed by atoms with van der Waals surface area (Å²) < 4.78 is 44.6. The Balaban J connectivity index is 1.50. The molecule has 1 N–H and O–H groups in total. The summed E-state index contributed by atoms with van der Waals surface area (Å²) in [7, 11) is 0. The van der Waals surface area contributed by atoms with Gasteiger partial charge in [-0.15, -0.1) is 0 Å². The van der Waals surface area contributed by atoms with E-state index in [1.54, 1.807) is 24.3 Å². The molecule has 0 aromatic heterocycles. The molecule has 0 bridgehead atoms. The predicted octanol–water partition coefficient (Wildman–Crippen LogP) is 4.69. The minimum atomic E-state index is -4.43. The summed E-state index contributed by atoms with van der Waals surface area (Å²) in [5.41, 5.74) is 0.462. The Morgan fingerprint density at radius 3 is 2.50 bits per heavy atom. The summed E-state index contributed by atoms with van der Waals surface area (Å²) in [5, 5.41) is 9.07. The number of hydrogen-bond donors (Lipinski definition) is 1. The zero-order valence-corrected chi connectivity index (χ0v) is 15.3. The average molecular weight is 393 g/mol. The van der Waals surface area contributed by atoms with Crippen LogP contribution in [0.4, 0.5) is 13.2 Å². The number of hydrogen-bond acceptors (Lipinski definition) is 3. The molecule has 1 fully saturated rings. The van der Waals surface area contributed by atoms with Crippen molar-refractivity contribution in [2.24, 2.45) is 5.92 Å². The third-order valence-electron chi connectivity index (χ3n) is 4.95. The Morgan fingerprint density at radius 1 is 1.11 bits per heavy atom. The number of alkyl halides is 3. The van der Waals surface area contributed by atoms with E-state index in [1.165, 1.54) is 12.1 Å². The van der Waals surface area contributed by atoms with E-state index in [4.69, 9.17) is 9.84 Å². The van der Waals surface area contributed by atoms with Crippen LogP contribution in [0.15, 0.2) is 48.5 Å². The second-order valence-corrected chi connectivity index (χ2v) is 7.03. The lowest BCUT2D eigenvalue weighted by atomic mass is 9.97. The molecule has 0 amide bonds. The van der Waals surface area contributed by atoms with Gasteiger partial charge in [0, 0.05) is 6.54 Å². The van der Waals surface area contributed by atoms with Gasteiger partial charge >= 0.3 is 12.1 Å². The Bertz CT molecular complexity index is 815. The van der Waals surface area contributed by atoms with Crippen molar-refractivity contribution in [1.82, 2.24) is 4.90 Å². The van der Waals surface area contributed by atoms with Crippen molar-refractivity contribution < 1.29 is 27.8 Å². The first-order valence-electron chi connectivity index (χ1n) is 9.16. The second-order valence-electron chi connectivity index (χ2n) is 7.03. The van der Waals surface area contributed by atoms with Crippen molar-refractivity contribution in [3.8, 4) is 5.75 Å². The molecule has 4 nitrogen and oxygen atoms in total. The number of para-hydroxylation sites is 1. The highest BCUT2D eigenvalue weighted by Crippen LogP contribution is 2.36. The molecule has 2 aromatic rings. The van der Waals surface area contributed by atoms with Gasteiger partial charge in [0.05, 0.1) is 17.7 Å². The standard InChI is InChI=1S/C21H22F3NO3/c22-21(23,24)18-6-1-2-7-19(18)28-14-15-8-10-25(11-9-15)13-16-4-3-5-17(12-16)20(26)27/h1-7,12,15H,8-11,13-14H2,(H,26,27). The molecule has 1 saturated heterocycles. The number of carboxylic acids is 1. The van der Waals surface area contributed by atoms with Crippen LogP contribution in [0.1, 0.15) is 34.3 Å². The maximum absolute atomic E-state index is 13.0. The minimum Gasteiger partial charge on any atom is -0.493 e. The Kier molecular flexibility index (Phi) is 6.24. The number of halogens is 3. The first-order chi connectivity index (χ1) is 13.3. The van der Waals surface area contributed by atoms with E-state index in [9.17, 15) is 18.0 Å². The zero-order chi connectivity index (χ0) is 20.1. The highest BCUT2D eigenvalue weighted by Gasteiger charge is 2.34. The normalized spacial score (nSPS) is 16.1. The van der Waals surface area contributed by atoms with Crippen LogP contribution in [-0.2, 0) is 12.7 Å². The molecule has 3 rings (SSSR count). The summed E-state index contributed by atoms with van der Waals surface area (Å²) in [4.78, 5) is 13.3. The summed E-state index contributed by atoms with van der Waals surface area (Å²) in [5.74, 6) is -0.873. The van der Waals surface area contributed by atoms with E-state index >= 15 is 0 Å². The third-order valence-corrected chi connectivity index (χ3v) is 4.95. The van der Waals surface area contributed by atoms with E-state index in [2.05, 4.69) is 4.90 Å². The molecule has 0 unspecified atom stereocenters. The molecular weight excluding hydrogens is 371 g/mol. The van der Waals surface area contributed by atoms with Crippen LogP contribution in [-0.4, -0.2) is 35.7 Å². The summed E-state index contributed by atoms with van der Waals surface area (Å²) in [6, 6.07) is 12.1. The number of carbonyl (C=O) groups is 1. The lowest BCUT2D eigenvalue weighted by molar-refractivity contribution is -0.139. The SMILES string of the molecule is O=C(O)c1cccc(CN2CCC(COc3ccccc3C(F)(F)F)CC2)c1. The average Bonchev–Trinajstić information content (AvgIpc) is 2.67. The highest BCUT2D eigenvalue weighted by atomic mass is 19.4. The highest BCUT2D eigenvalue weighted by molar-refractivity contribution is 5.87. The Labute approximate surface area is 161 Å². The topological polar surface area (TPSA) is 49.8 Å². The molecule has 7 heteroatoms. The quantitative estimate of drug-likeness (QED) is 0.773. The first-order valence-corrected chi connectivity index (χ1v) is 9.16. The van der Waals surface area contributed by atoms with E-state index < -0.39 is 17.7 Å². The molecule has 2 aromatic carbocycles. The van der Waals surface area contributed by atoms with Crippen molar-refractivity contribution in [1.29, 1.82) is 0 Å². The molecule has 0 atom stereocenters. The van der Waals surface area contributed by atoms with Crippen molar-refractivity contribution in [2.45, 2.75) is 25.6 Å². The molecule has 1 aliphatic rings. The smallest absolute Gasteiger partial charge is 0.419 e.